The summed E-state index contributed by atoms with van der Waals surface area (Å²) >= 11 is 0. The third kappa shape index (κ3) is 5.18. The highest BCUT2D eigenvalue weighted by molar-refractivity contribution is 5.97. The number of unbranched alkanes of at least 4 members (excludes halogenated alkanes) is 1. The topological polar surface area (TPSA) is 68.3 Å². The molecule has 0 unspecified atom stereocenters. The number of anilines is 2. The lowest BCUT2D eigenvalue weighted by Gasteiger charge is -2.41. The van der Waals surface area contributed by atoms with E-state index in [1.165, 1.54) is 37.8 Å². The molecule has 4 rings (SSSR count). The molecule has 0 spiro atoms. The number of nitrogens with zero attached hydrogens (tertiary/aromatic N) is 2. The first-order valence-electron chi connectivity index (χ1n) is 11.6. The molecule has 2 fully saturated rings. The van der Waals surface area contributed by atoms with Crippen LogP contribution in [0.25, 0.3) is 10.9 Å². The number of nitrogens with one attached hydrogen (secondary N) is 2. The van der Waals surface area contributed by atoms with Gasteiger partial charge >= 0.3 is 0 Å². The maximum absolute atomic E-state index is 5.94. The first-order chi connectivity index (χ1) is 14.9. The van der Waals surface area contributed by atoms with E-state index in [-0.39, 0.29) is 5.41 Å². The van der Waals surface area contributed by atoms with Gasteiger partial charge in [0, 0.05) is 29.2 Å². The molecule has 0 bridgehead atoms. The zero-order chi connectivity index (χ0) is 21.9. The van der Waals surface area contributed by atoms with Gasteiger partial charge in [0.2, 0.25) is 0 Å². The summed E-state index contributed by atoms with van der Waals surface area (Å²) in [6, 6.07) is 2.04. The van der Waals surface area contributed by atoms with E-state index in [2.05, 4.69) is 34.4 Å². The minimum Gasteiger partial charge on any atom is -0.382 e. The van der Waals surface area contributed by atoms with Gasteiger partial charge in [-0.2, -0.15) is 0 Å². The van der Waals surface area contributed by atoms with Crippen molar-refractivity contribution in [2.75, 3.05) is 30.4 Å². The number of rotatable bonds is 8. The molecule has 2 aliphatic rings. The lowest BCUT2D eigenvalue weighted by Crippen LogP contribution is -2.48. The molecule has 0 atom stereocenters. The van der Waals surface area contributed by atoms with Crippen LogP contribution in [-0.2, 0) is 9.47 Å². The van der Waals surface area contributed by atoms with E-state index in [0.717, 1.165) is 35.2 Å². The summed E-state index contributed by atoms with van der Waals surface area (Å²) in [5.41, 5.74) is 5.84. The van der Waals surface area contributed by atoms with Gasteiger partial charge in [0.15, 0.2) is 5.79 Å². The molecule has 0 aromatic carbocycles. The second-order valence-electron chi connectivity index (χ2n) is 9.75. The molecule has 3 heterocycles. The zero-order valence-electron chi connectivity index (χ0n) is 19.4. The van der Waals surface area contributed by atoms with Gasteiger partial charge in [-0.25, -0.2) is 0 Å². The van der Waals surface area contributed by atoms with E-state index in [1.54, 1.807) is 5.57 Å². The van der Waals surface area contributed by atoms with Gasteiger partial charge in [-0.1, -0.05) is 25.8 Å². The molecule has 2 aromatic heterocycles. The summed E-state index contributed by atoms with van der Waals surface area (Å²) in [4.78, 5) is 8.93. The van der Waals surface area contributed by atoms with Crippen LogP contribution in [0.3, 0.4) is 0 Å². The molecule has 1 aliphatic carbocycles. The highest BCUT2D eigenvalue weighted by Crippen LogP contribution is 2.37. The maximum Gasteiger partial charge on any atom is 0.162 e. The molecule has 168 valence electrons. The average molecular weight is 425 g/mol. The second kappa shape index (κ2) is 9.13. The van der Waals surface area contributed by atoms with Crippen molar-refractivity contribution in [1.29, 1.82) is 0 Å². The fourth-order valence-electron chi connectivity index (χ4n) is 4.01. The number of allylic oxidation sites excluding steroid dienone is 2. The Morgan fingerprint density at radius 3 is 2.58 bits per heavy atom. The average Bonchev–Trinajstić information content (AvgIpc) is 2.72. The van der Waals surface area contributed by atoms with Crippen LogP contribution < -0.4 is 10.6 Å². The van der Waals surface area contributed by atoms with Crippen LogP contribution in [0.5, 0.6) is 0 Å². The van der Waals surface area contributed by atoms with Gasteiger partial charge < -0.3 is 20.1 Å². The van der Waals surface area contributed by atoms with Crippen molar-refractivity contribution in [2.45, 2.75) is 72.0 Å². The Morgan fingerprint density at radius 2 is 1.90 bits per heavy atom. The van der Waals surface area contributed by atoms with E-state index < -0.39 is 5.79 Å². The largest absolute Gasteiger partial charge is 0.382 e. The summed E-state index contributed by atoms with van der Waals surface area (Å²) < 4.78 is 11.9. The van der Waals surface area contributed by atoms with E-state index >= 15 is 0 Å². The Labute approximate surface area is 185 Å². The van der Waals surface area contributed by atoms with E-state index in [0.29, 0.717) is 13.2 Å². The molecular weight excluding hydrogens is 388 g/mol. The molecule has 2 aromatic rings. The Bertz CT molecular complexity index is 938. The first-order valence-corrected chi connectivity index (χ1v) is 11.6. The molecule has 6 nitrogen and oxygen atoms in total. The molecule has 1 aliphatic heterocycles. The van der Waals surface area contributed by atoms with Crippen LogP contribution in [0, 0.1) is 5.41 Å². The van der Waals surface area contributed by atoms with E-state index in [1.807, 2.05) is 38.5 Å². The van der Waals surface area contributed by atoms with Gasteiger partial charge in [0.25, 0.3) is 0 Å². The predicted molar refractivity (Wildman–Crippen MR) is 126 cm³/mol. The molecule has 6 heteroatoms. The normalized spacial score (nSPS) is 19.7. The van der Waals surface area contributed by atoms with Crippen LogP contribution in [0.4, 0.5) is 11.4 Å². The summed E-state index contributed by atoms with van der Waals surface area (Å²) in [5, 5.41) is 8.56. The highest BCUT2D eigenvalue weighted by atomic mass is 16.7. The fraction of sp³-hybridized carbons (Fsp3) is 0.600. The SMILES string of the molecule is CCCCC(Nc1cnc2cnccc2c1NCC1(C)COC(C)(C)OC1)=C1CCC1. The Morgan fingerprint density at radius 1 is 1.13 bits per heavy atom. The minimum absolute atomic E-state index is 0.104. The molecule has 0 amide bonds. The predicted octanol–water partition coefficient (Wildman–Crippen LogP) is 5.87. The van der Waals surface area contributed by atoms with Crippen molar-refractivity contribution < 1.29 is 9.47 Å². The number of hydrogen-bond donors (Lipinski definition) is 2. The maximum atomic E-state index is 5.94. The number of fused-ring (bicyclic) bond motifs is 1. The monoisotopic (exact) mass is 424 g/mol. The Kier molecular flexibility index (Phi) is 6.49. The molecule has 1 saturated carbocycles. The van der Waals surface area contributed by atoms with Crippen molar-refractivity contribution in [2.24, 2.45) is 5.41 Å². The lowest BCUT2D eigenvalue weighted by molar-refractivity contribution is -0.279. The zero-order valence-corrected chi connectivity index (χ0v) is 19.4. The third-order valence-electron chi connectivity index (χ3n) is 6.35. The summed E-state index contributed by atoms with van der Waals surface area (Å²) in [6.45, 7) is 10.5. The lowest BCUT2D eigenvalue weighted by atomic mass is 9.89. The van der Waals surface area contributed by atoms with Crippen molar-refractivity contribution >= 4 is 22.3 Å². The van der Waals surface area contributed by atoms with Crippen LogP contribution in [0.2, 0.25) is 0 Å². The second-order valence-corrected chi connectivity index (χ2v) is 9.75. The smallest absolute Gasteiger partial charge is 0.162 e. The van der Waals surface area contributed by atoms with Crippen molar-refractivity contribution in [3.63, 3.8) is 0 Å². The van der Waals surface area contributed by atoms with Crippen LogP contribution in [0.1, 0.15) is 66.2 Å². The standard InChI is InChI=1S/C25H36N4O2/c1-5-6-10-20(18-8-7-9-18)29-22-14-27-21-13-26-12-11-19(21)23(22)28-15-25(4)16-30-24(2,3)31-17-25/h11-14,29H,5-10,15-17H2,1-4H3,(H,27,28). The van der Waals surface area contributed by atoms with Crippen LogP contribution in [0.15, 0.2) is 35.9 Å². The van der Waals surface area contributed by atoms with Gasteiger partial charge in [0.05, 0.1) is 42.5 Å². The number of pyridine rings is 2. The van der Waals surface area contributed by atoms with Crippen molar-refractivity contribution in [3.05, 3.63) is 35.9 Å². The van der Waals surface area contributed by atoms with Crippen LogP contribution >= 0.6 is 0 Å². The summed E-state index contributed by atoms with van der Waals surface area (Å²) in [7, 11) is 0. The Hall–Kier alpha value is -2.18. The number of aromatic nitrogens is 2. The quantitative estimate of drug-likeness (QED) is 0.552. The highest BCUT2D eigenvalue weighted by Gasteiger charge is 2.36. The Balaban J connectivity index is 1.60. The van der Waals surface area contributed by atoms with Gasteiger partial charge in [0.1, 0.15) is 0 Å². The summed E-state index contributed by atoms with van der Waals surface area (Å²) in [6.07, 6.45) is 12.8. The van der Waals surface area contributed by atoms with E-state index in [9.17, 15) is 0 Å². The van der Waals surface area contributed by atoms with E-state index in [4.69, 9.17) is 9.47 Å². The van der Waals surface area contributed by atoms with Gasteiger partial charge in [-0.05, 0) is 52.0 Å². The first kappa shape index (κ1) is 22.0. The van der Waals surface area contributed by atoms with Gasteiger partial charge in [-0.3, -0.25) is 9.97 Å². The van der Waals surface area contributed by atoms with Gasteiger partial charge in [-0.15, -0.1) is 0 Å². The van der Waals surface area contributed by atoms with Crippen molar-refractivity contribution in [3.8, 4) is 0 Å². The minimum atomic E-state index is -0.510. The number of hydrogen-bond acceptors (Lipinski definition) is 6. The molecule has 2 N–H and O–H groups in total. The van der Waals surface area contributed by atoms with Crippen molar-refractivity contribution in [1.82, 2.24) is 9.97 Å². The fourth-order valence-corrected chi connectivity index (χ4v) is 4.01. The number of ether oxygens (including phenoxy) is 2. The molecule has 31 heavy (non-hydrogen) atoms. The molecule has 1 saturated heterocycles. The molecule has 0 radical (unpaired) electrons. The molecular formula is C25H36N4O2. The van der Waals surface area contributed by atoms with Crippen LogP contribution in [-0.4, -0.2) is 35.5 Å². The third-order valence-corrected chi connectivity index (χ3v) is 6.35. The summed E-state index contributed by atoms with van der Waals surface area (Å²) in [5.74, 6) is -0.510.